The highest BCUT2D eigenvalue weighted by Gasteiger charge is 2.26. The third kappa shape index (κ3) is 5.82. The first-order valence-electron chi connectivity index (χ1n) is 12.9. The van der Waals surface area contributed by atoms with Gasteiger partial charge >= 0.3 is 0 Å². The van der Waals surface area contributed by atoms with E-state index in [1.165, 1.54) is 6.20 Å². The minimum Gasteiger partial charge on any atom is -0.366 e. The van der Waals surface area contributed by atoms with Gasteiger partial charge in [0.15, 0.2) is 5.65 Å². The number of aryl methyl sites for hydroxylation is 1. The average molecular weight is 573 g/mol. The van der Waals surface area contributed by atoms with Crippen LogP contribution >= 0.6 is 0 Å². The molecule has 4 aromatic rings. The van der Waals surface area contributed by atoms with Gasteiger partial charge in [0.2, 0.25) is 17.8 Å². The Labute approximate surface area is 236 Å². The summed E-state index contributed by atoms with van der Waals surface area (Å²) in [6.45, 7) is 2.86. The van der Waals surface area contributed by atoms with Crippen molar-refractivity contribution in [2.75, 3.05) is 23.7 Å². The van der Waals surface area contributed by atoms with Crippen molar-refractivity contribution in [3.8, 4) is 6.07 Å². The normalized spacial score (nSPS) is 14.0. The number of hydrogen-bond acceptors (Lipinski definition) is 9. The zero-order valence-electron chi connectivity index (χ0n) is 22.2. The molecule has 2 aromatic carbocycles. The van der Waals surface area contributed by atoms with E-state index < -0.39 is 15.9 Å². The summed E-state index contributed by atoms with van der Waals surface area (Å²) in [5, 5.41) is 15.8. The van der Waals surface area contributed by atoms with Crippen LogP contribution in [0.1, 0.15) is 35.2 Å². The summed E-state index contributed by atoms with van der Waals surface area (Å²) in [5.41, 5.74) is 7.37. The molecule has 4 N–H and O–H groups in total. The van der Waals surface area contributed by atoms with E-state index in [1.807, 2.05) is 13.0 Å². The van der Waals surface area contributed by atoms with Gasteiger partial charge in [0.05, 0.1) is 16.4 Å². The van der Waals surface area contributed by atoms with Crippen molar-refractivity contribution in [3.63, 3.8) is 0 Å². The number of carbonyl (C=O) groups is 2. The molecule has 41 heavy (non-hydrogen) atoms. The number of aromatic nitrogens is 3. The monoisotopic (exact) mass is 572 g/mol. The third-order valence-electron chi connectivity index (χ3n) is 6.93. The zero-order valence-corrected chi connectivity index (χ0v) is 23.1. The minimum absolute atomic E-state index is 0.0426. The molecule has 12 nitrogen and oxygen atoms in total. The first-order chi connectivity index (χ1) is 19.7. The van der Waals surface area contributed by atoms with E-state index in [1.54, 1.807) is 59.5 Å². The van der Waals surface area contributed by atoms with Crippen molar-refractivity contribution in [2.24, 2.45) is 5.73 Å². The second-order valence-corrected chi connectivity index (χ2v) is 11.6. The number of nitriles is 1. The molecule has 3 heterocycles. The van der Waals surface area contributed by atoms with Crippen LogP contribution in [0, 0.1) is 18.3 Å². The quantitative estimate of drug-likeness (QED) is 0.286. The Kier molecular flexibility index (Phi) is 7.58. The predicted molar refractivity (Wildman–Crippen MR) is 153 cm³/mol. The Balaban J connectivity index is 1.50. The number of carbonyl (C=O) groups excluding carboxylic acids is 2. The highest BCUT2D eigenvalue weighted by Crippen LogP contribution is 2.29. The molecular weight excluding hydrogens is 544 g/mol. The van der Waals surface area contributed by atoms with Crippen molar-refractivity contribution < 1.29 is 18.0 Å². The third-order valence-corrected chi connectivity index (χ3v) is 8.61. The molecule has 1 aliphatic heterocycles. The number of anilines is 3. The largest absolute Gasteiger partial charge is 0.366 e. The molecular formula is C28H28N8O4S. The van der Waals surface area contributed by atoms with Crippen LogP contribution in [0.15, 0.2) is 65.7 Å². The van der Waals surface area contributed by atoms with Crippen molar-refractivity contribution >= 4 is 50.3 Å². The molecule has 0 spiro atoms. The van der Waals surface area contributed by atoms with E-state index in [2.05, 4.69) is 20.6 Å². The number of piperidine rings is 1. The van der Waals surface area contributed by atoms with Crippen molar-refractivity contribution in [3.05, 3.63) is 71.9 Å². The molecule has 0 radical (unpaired) electrons. The van der Waals surface area contributed by atoms with Crippen LogP contribution in [0.25, 0.3) is 11.0 Å². The number of nitrogens with zero attached hydrogens (tertiary/aromatic N) is 5. The molecule has 0 atom stereocenters. The van der Waals surface area contributed by atoms with Gasteiger partial charge in [-0.3, -0.25) is 9.59 Å². The number of nitrogens with one attached hydrogen (secondary N) is 2. The SMILES string of the molecule is Cc1ccc(S(=O)(=O)n2ccc3c(NC4CCN(C(=O)CC#N)CC4)nc(Nc4ccc(C(N)=O)cc4)nc32)cc1. The molecule has 13 heteroatoms. The fourth-order valence-corrected chi connectivity index (χ4v) is 5.96. The number of hydrogen-bond donors (Lipinski definition) is 3. The van der Waals surface area contributed by atoms with Gasteiger partial charge in [-0.05, 0) is 62.2 Å². The van der Waals surface area contributed by atoms with Gasteiger partial charge in [-0.15, -0.1) is 0 Å². The van der Waals surface area contributed by atoms with Crippen LogP contribution in [0.5, 0.6) is 0 Å². The lowest BCUT2D eigenvalue weighted by Crippen LogP contribution is -2.42. The molecule has 210 valence electrons. The zero-order chi connectivity index (χ0) is 29.1. The standard InChI is InChI=1S/C28H28N8O4S/c1-18-2-8-22(9-3-18)41(39,40)36-17-13-23-26(31-21-11-15-35(16-12-21)24(37)10-14-29)33-28(34-27(23)36)32-20-6-4-19(5-7-20)25(30)38/h2-9,13,17,21H,10-12,15-16H2,1H3,(H2,30,38)(H2,31,32,33,34). The van der Waals surface area contributed by atoms with Gasteiger partial charge in [0, 0.05) is 36.6 Å². The topological polar surface area (TPSA) is 176 Å². The summed E-state index contributed by atoms with van der Waals surface area (Å²) in [7, 11) is -3.97. The molecule has 0 saturated carbocycles. The molecule has 2 aromatic heterocycles. The lowest BCUT2D eigenvalue weighted by molar-refractivity contribution is -0.131. The lowest BCUT2D eigenvalue weighted by Gasteiger charge is -2.32. The van der Waals surface area contributed by atoms with Crippen LogP contribution in [-0.2, 0) is 14.8 Å². The molecule has 0 aliphatic carbocycles. The van der Waals surface area contributed by atoms with Gasteiger partial charge < -0.3 is 21.3 Å². The molecule has 1 aliphatic rings. The Bertz CT molecular complexity index is 1750. The van der Waals surface area contributed by atoms with Crippen LogP contribution in [-0.4, -0.2) is 58.2 Å². The molecule has 1 saturated heterocycles. The molecule has 5 rings (SSSR count). The Morgan fingerprint density at radius 3 is 2.37 bits per heavy atom. The van der Waals surface area contributed by atoms with E-state index >= 15 is 0 Å². The first-order valence-corrected chi connectivity index (χ1v) is 14.4. The van der Waals surface area contributed by atoms with Crippen LogP contribution < -0.4 is 16.4 Å². The number of fused-ring (bicyclic) bond motifs is 1. The fraction of sp³-hybridized carbons (Fsp3) is 0.250. The van der Waals surface area contributed by atoms with E-state index in [4.69, 9.17) is 11.0 Å². The summed E-state index contributed by atoms with van der Waals surface area (Å²) in [6.07, 6.45) is 2.56. The molecule has 1 fully saturated rings. The van der Waals surface area contributed by atoms with E-state index in [-0.39, 0.29) is 34.9 Å². The Morgan fingerprint density at radius 1 is 1.05 bits per heavy atom. The summed E-state index contributed by atoms with van der Waals surface area (Å²) in [4.78, 5) is 34.6. The smallest absolute Gasteiger partial charge is 0.269 e. The van der Waals surface area contributed by atoms with Gasteiger partial charge in [-0.1, -0.05) is 17.7 Å². The van der Waals surface area contributed by atoms with Gasteiger partial charge in [0.25, 0.3) is 10.0 Å². The Morgan fingerprint density at radius 2 is 1.73 bits per heavy atom. The van der Waals surface area contributed by atoms with E-state index in [9.17, 15) is 18.0 Å². The maximum absolute atomic E-state index is 13.6. The molecule has 0 unspecified atom stereocenters. The maximum atomic E-state index is 13.6. The summed E-state index contributed by atoms with van der Waals surface area (Å²) in [5.74, 6) is -0.166. The van der Waals surface area contributed by atoms with E-state index in [0.717, 1.165) is 9.54 Å². The summed E-state index contributed by atoms with van der Waals surface area (Å²) in [6, 6.07) is 16.5. The fourth-order valence-electron chi connectivity index (χ4n) is 4.67. The maximum Gasteiger partial charge on any atom is 0.269 e. The Hall–Kier alpha value is -4.96. The second kappa shape index (κ2) is 11.3. The predicted octanol–water partition coefficient (Wildman–Crippen LogP) is 3.14. The number of amides is 2. The highest BCUT2D eigenvalue weighted by atomic mass is 32.2. The number of primary amides is 1. The van der Waals surface area contributed by atoms with Gasteiger partial charge in [-0.25, -0.2) is 12.4 Å². The first kappa shape index (κ1) is 27.6. The van der Waals surface area contributed by atoms with Crippen LogP contribution in [0.3, 0.4) is 0 Å². The number of rotatable bonds is 8. The van der Waals surface area contributed by atoms with E-state index in [0.29, 0.717) is 48.4 Å². The lowest BCUT2D eigenvalue weighted by atomic mass is 10.0. The minimum atomic E-state index is -3.97. The summed E-state index contributed by atoms with van der Waals surface area (Å²) < 4.78 is 28.3. The van der Waals surface area contributed by atoms with Gasteiger partial charge in [-0.2, -0.15) is 15.2 Å². The number of benzene rings is 2. The second-order valence-electron chi connectivity index (χ2n) is 9.76. The van der Waals surface area contributed by atoms with Gasteiger partial charge in [0.1, 0.15) is 12.2 Å². The highest BCUT2D eigenvalue weighted by molar-refractivity contribution is 7.90. The number of likely N-dealkylation sites (tertiary alicyclic amines) is 1. The van der Waals surface area contributed by atoms with Crippen LogP contribution in [0.2, 0.25) is 0 Å². The average Bonchev–Trinajstić information content (AvgIpc) is 3.39. The van der Waals surface area contributed by atoms with Crippen molar-refractivity contribution in [1.82, 2.24) is 18.8 Å². The van der Waals surface area contributed by atoms with Crippen LogP contribution in [0.4, 0.5) is 17.5 Å². The van der Waals surface area contributed by atoms with Crippen molar-refractivity contribution in [2.45, 2.75) is 37.1 Å². The number of nitrogens with two attached hydrogens (primary N) is 1. The molecule has 0 bridgehead atoms. The molecule has 2 amide bonds. The van der Waals surface area contributed by atoms with Crippen molar-refractivity contribution in [1.29, 1.82) is 5.26 Å². The summed E-state index contributed by atoms with van der Waals surface area (Å²) >= 11 is 0.